The van der Waals surface area contributed by atoms with E-state index < -0.39 is 24.9 Å². The highest BCUT2D eigenvalue weighted by Gasteiger charge is 2.32. The first-order chi connectivity index (χ1) is 14.1. The van der Waals surface area contributed by atoms with Gasteiger partial charge < -0.3 is 10.1 Å². The first kappa shape index (κ1) is 21.9. The van der Waals surface area contributed by atoms with Crippen LogP contribution in [-0.2, 0) is 11.2 Å². The highest BCUT2D eigenvalue weighted by atomic mass is 35.5. The second-order valence-corrected chi connectivity index (χ2v) is 7.27. The summed E-state index contributed by atoms with van der Waals surface area (Å²) in [6.07, 6.45) is -4.55. The van der Waals surface area contributed by atoms with Crippen LogP contribution in [0.2, 0.25) is 5.02 Å². The number of aromatic nitrogens is 1. The van der Waals surface area contributed by atoms with Crippen molar-refractivity contribution in [2.45, 2.75) is 32.0 Å². The summed E-state index contributed by atoms with van der Waals surface area (Å²) >= 11 is 5.83. The summed E-state index contributed by atoms with van der Waals surface area (Å²) in [6, 6.07) is 9.25. The summed E-state index contributed by atoms with van der Waals surface area (Å²) in [6.45, 7) is 0.366. The second kappa shape index (κ2) is 8.91. The van der Waals surface area contributed by atoms with E-state index in [1.807, 2.05) is 0 Å². The number of carbonyl (C=O) groups is 2. The number of aryl methyl sites for hydroxylation is 1. The van der Waals surface area contributed by atoms with E-state index in [0.717, 1.165) is 4.90 Å². The van der Waals surface area contributed by atoms with Crippen molar-refractivity contribution in [3.8, 4) is 0 Å². The number of fused-ring (bicyclic) bond motifs is 1. The van der Waals surface area contributed by atoms with E-state index in [1.54, 1.807) is 43.3 Å². The van der Waals surface area contributed by atoms with Gasteiger partial charge in [0.15, 0.2) is 6.61 Å². The third kappa shape index (κ3) is 5.41. The third-order valence-electron chi connectivity index (χ3n) is 4.54. The Kier molecular flexibility index (Phi) is 6.50. The lowest BCUT2D eigenvalue weighted by atomic mass is 10.1. The maximum atomic E-state index is 12.4. The first-order valence-corrected chi connectivity index (χ1v) is 9.59. The number of nitrogens with zero attached hydrogens (tertiary/aromatic N) is 2. The number of pyridine rings is 1. The maximum absolute atomic E-state index is 12.4. The average molecular weight is 442 g/mol. The number of ether oxygens (including phenoxy) is 1. The monoisotopic (exact) mass is 441 g/mol. The molecule has 2 heterocycles. The van der Waals surface area contributed by atoms with E-state index in [1.165, 1.54) is 0 Å². The molecule has 0 fully saturated rings. The number of halogens is 4. The normalized spacial score (nSPS) is 14.6. The molecule has 2 amide bonds. The number of nitrogens with one attached hydrogen (secondary N) is 1. The van der Waals surface area contributed by atoms with E-state index in [9.17, 15) is 22.8 Å². The minimum Gasteiger partial charge on any atom is -0.439 e. The lowest BCUT2D eigenvalue weighted by Gasteiger charge is -2.29. The SMILES string of the molecule is CC(NC(=O)c1ccc(Cl)cc1)c1ccc2c(n1)CCCN2C(=O)OCC(F)(F)F. The third-order valence-corrected chi connectivity index (χ3v) is 4.79. The van der Waals surface area contributed by atoms with Gasteiger partial charge in [0, 0.05) is 17.1 Å². The number of anilines is 1. The fourth-order valence-electron chi connectivity index (χ4n) is 3.07. The van der Waals surface area contributed by atoms with Gasteiger partial charge in [0.2, 0.25) is 0 Å². The Labute approximate surface area is 176 Å². The van der Waals surface area contributed by atoms with Crippen LogP contribution in [0, 0.1) is 0 Å². The molecule has 1 aromatic heterocycles. The van der Waals surface area contributed by atoms with Crippen LogP contribution in [0.25, 0.3) is 0 Å². The molecule has 1 unspecified atom stereocenters. The lowest BCUT2D eigenvalue weighted by Crippen LogP contribution is -2.38. The highest BCUT2D eigenvalue weighted by molar-refractivity contribution is 6.30. The smallest absolute Gasteiger partial charge is 0.422 e. The van der Waals surface area contributed by atoms with Gasteiger partial charge in [0.05, 0.1) is 23.1 Å². The minimum absolute atomic E-state index is 0.244. The zero-order valence-electron chi connectivity index (χ0n) is 16.0. The van der Waals surface area contributed by atoms with E-state index in [2.05, 4.69) is 15.0 Å². The number of hydrogen-bond donors (Lipinski definition) is 1. The van der Waals surface area contributed by atoms with Gasteiger partial charge in [0.1, 0.15) is 0 Å². The molecular weight excluding hydrogens is 423 g/mol. The van der Waals surface area contributed by atoms with E-state index in [4.69, 9.17) is 11.6 Å². The van der Waals surface area contributed by atoms with Crippen molar-refractivity contribution >= 4 is 29.3 Å². The van der Waals surface area contributed by atoms with Crippen LogP contribution in [0.15, 0.2) is 36.4 Å². The number of rotatable bonds is 4. The molecule has 10 heteroatoms. The Morgan fingerprint density at radius 3 is 2.60 bits per heavy atom. The maximum Gasteiger partial charge on any atom is 0.422 e. The minimum atomic E-state index is -4.59. The van der Waals surface area contributed by atoms with Gasteiger partial charge in [-0.2, -0.15) is 13.2 Å². The molecule has 2 aromatic rings. The van der Waals surface area contributed by atoms with Crippen molar-refractivity contribution in [3.05, 3.63) is 58.4 Å². The zero-order valence-corrected chi connectivity index (χ0v) is 16.8. The number of hydrogen-bond acceptors (Lipinski definition) is 4. The number of amides is 2. The molecule has 0 bridgehead atoms. The molecule has 0 saturated carbocycles. The van der Waals surface area contributed by atoms with E-state index in [0.29, 0.717) is 40.5 Å². The van der Waals surface area contributed by atoms with Gasteiger partial charge in [-0.15, -0.1) is 0 Å². The summed E-state index contributed by atoms with van der Waals surface area (Å²) < 4.78 is 41.3. The van der Waals surface area contributed by atoms with Crippen molar-refractivity contribution in [2.75, 3.05) is 18.1 Å². The van der Waals surface area contributed by atoms with Crippen LogP contribution in [-0.4, -0.2) is 36.3 Å². The van der Waals surface area contributed by atoms with E-state index in [-0.39, 0.29) is 12.5 Å². The Morgan fingerprint density at radius 1 is 1.23 bits per heavy atom. The van der Waals surface area contributed by atoms with Crippen LogP contribution in [0.5, 0.6) is 0 Å². The quantitative estimate of drug-likeness (QED) is 0.748. The van der Waals surface area contributed by atoms with Crippen LogP contribution in [0.1, 0.15) is 41.1 Å². The Balaban J connectivity index is 1.71. The Hall–Kier alpha value is -2.81. The van der Waals surface area contributed by atoms with Gasteiger partial charge in [0.25, 0.3) is 5.91 Å². The Morgan fingerprint density at radius 2 is 1.93 bits per heavy atom. The fraction of sp³-hybridized carbons (Fsp3) is 0.350. The number of benzene rings is 1. The van der Waals surface area contributed by atoms with E-state index >= 15 is 0 Å². The molecule has 3 rings (SSSR count). The summed E-state index contributed by atoms with van der Waals surface area (Å²) in [5.41, 5.74) is 1.99. The predicted molar refractivity (Wildman–Crippen MR) is 105 cm³/mol. The number of alkyl halides is 3. The van der Waals surface area contributed by atoms with Gasteiger partial charge in [-0.25, -0.2) is 4.79 Å². The summed E-state index contributed by atoms with van der Waals surface area (Å²) in [5.74, 6) is -0.295. The molecule has 0 saturated heterocycles. The molecule has 0 radical (unpaired) electrons. The van der Waals surface area contributed by atoms with Crippen LogP contribution >= 0.6 is 11.6 Å². The molecule has 1 aliphatic heterocycles. The van der Waals surface area contributed by atoms with Crippen molar-refractivity contribution in [1.82, 2.24) is 10.3 Å². The molecule has 1 atom stereocenters. The second-order valence-electron chi connectivity index (χ2n) is 6.83. The number of carbonyl (C=O) groups excluding carboxylic acids is 2. The van der Waals surface area contributed by atoms with Gasteiger partial charge in [-0.1, -0.05) is 11.6 Å². The Bertz CT molecular complexity index is 935. The molecule has 1 aliphatic rings. The molecule has 0 spiro atoms. The topological polar surface area (TPSA) is 71.5 Å². The summed E-state index contributed by atoms with van der Waals surface area (Å²) in [5, 5.41) is 3.36. The standard InChI is InChI=1S/C20H19ClF3N3O3/c1-12(25-18(28)13-4-6-14(21)7-5-13)15-8-9-17-16(26-15)3-2-10-27(17)19(29)30-11-20(22,23)24/h4-9,12H,2-3,10-11H2,1H3,(H,25,28). The summed E-state index contributed by atoms with van der Waals surface area (Å²) in [4.78, 5) is 30.1. The molecule has 0 aliphatic carbocycles. The van der Waals surface area contributed by atoms with Crippen molar-refractivity contribution in [1.29, 1.82) is 0 Å². The summed E-state index contributed by atoms with van der Waals surface area (Å²) in [7, 11) is 0. The zero-order chi connectivity index (χ0) is 21.9. The van der Waals surface area contributed by atoms with Gasteiger partial charge >= 0.3 is 12.3 Å². The highest BCUT2D eigenvalue weighted by Crippen LogP contribution is 2.28. The predicted octanol–water partition coefficient (Wildman–Crippen LogP) is 4.68. The molecule has 160 valence electrons. The molecular formula is C20H19ClF3N3O3. The van der Waals surface area contributed by atoms with Gasteiger partial charge in [-0.3, -0.25) is 14.7 Å². The molecule has 1 N–H and O–H groups in total. The first-order valence-electron chi connectivity index (χ1n) is 9.21. The van der Waals surface area contributed by atoms with Crippen LogP contribution in [0.3, 0.4) is 0 Å². The van der Waals surface area contributed by atoms with Crippen molar-refractivity contribution in [2.24, 2.45) is 0 Å². The molecule has 30 heavy (non-hydrogen) atoms. The van der Waals surface area contributed by atoms with Gasteiger partial charge in [-0.05, 0) is 56.2 Å². The van der Waals surface area contributed by atoms with Crippen molar-refractivity contribution in [3.63, 3.8) is 0 Å². The molecule has 6 nitrogen and oxygen atoms in total. The fourth-order valence-corrected chi connectivity index (χ4v) is 3.20. The lowest BCUT2D eigenvalue weighted by molar-refractivity contribution is -0.159. The van der Waals surface area contributed by atoms with Crippen LogP contribution < -0.4 is 10.2 Å². The van der Waals surface area contributed by atoms with Crippen molar-refractivity contribution < 1.29 is 27.5 Å². The van der Waals surface area contributed by atoms with Crippen LogP contribution in [0.4, 0.5) is 23.7 Å². The average Bonchev–Trinajstić information content (AvgIpc) is 2.71. The molecule has 1 aromatic carbocycles. The largest absolute Gasteiger partial charge is 0.439 e.